The number of carbonyl (C=O) groups is 1. The fourth-order valence-corrected chi connectivity index (χ4v) is 4.01. The van der Waals surface area contributed by atoms with E-state index in [1.54, 1.807) is 27.8 Å². The maximum absolute atomic E-state index is 13.0. The molecule has 1 saturated carbocycles. The van der Waals surface area contributed by atoms with E-state index in [0.717, 1.165) is 18.4 Å². The van der Waals surface area contributed by atoms with E-state index >= 15 is 0 Å². The van der Waals surface area contributed by atoms with E-state index in [4.69, 9.17) is 4.74 Å². The van der Waals surface area contributed by atoms with Crippen LogP contribution in [0, 0.1) is 6.92 Å². The first kappa shape index (κ1) is 19.3. The second-order valence-corrected chi connectivity index (χ2v) is 9.15. The average molecular weight is 392 g/mol. The van der Waals surface area contributed by atoms with Gasteiger partial charge in [-0.3, -0.25) is 13.9 Å². The molecule has 1 aliphatic carbocycles. The molecule has 1 aliphatic rings. The van der Waals surface area contributed by atoms with Crippen LogP contribution in [0.4, 0.5) is 4.79 Å². The van der Waals surface area contributed by atoms with Crippen molar-refractivity contribution in [2.45, 2.75) is 58.6 Å². The van der Waals surface area contributed by atoms with Gasteiger partial charge in [0.05, 0.1) is 22.0 Å². The number of fused-ring (bicyclic) bond motifs is 1. The van der Waals surface area contributed by atoms with Crippen LogP contribution < -0.4 is 16.7 Å². The van der Waals surface area contributed by atoms with Gasteiger partial charge in [0, 0.05) is 7.05 Å². The molecule has 2 aromatic rings. The minimum Gasteiger partial charge on any atom is -0.443 e. The van der Waals surface area contributed by atoms with Crippen LogP contribution in [0.2, 0.25) is 0 Å². The zero-order chi connectivity index (χ0) is 20.1. The van der Waals surface area contributed by atoms with Crippen molar-refractivity contribution in [1.29, 1.82) is 0 Å². The van der Waals surface area contributed by atoms with Gasteiger partial charge in [-0.05, 0) is 53.0 Å². The van der Waals surface area contributed by atoms with Crippen molar-refractivity contribution in [2.24, 2.45) is 12.1 Å². The van der Waals surface area contributed by atoms with Gasteiger partial charge in [-0.1, -0.05) is 0 Å². The molecule has 9 heteroatoms. The molecular formula is C18H24N4O4S. The van der Waals surface area contributed by atoms with Crippen LogP contribution in [0.25, 0.3) is 10.2 Å². The fourth-order valence-electron chi connectivity index (χ4n) is 2.89. The number of amides is 1. The lowest BCUT2D eigenvalue weighted by molar-refractivity contribution is 0.0529. The molecule has 1 amide bonds. The van der Waals surface area contributed by atoms with Crippen molar-refractivity contribution in [2.75, 3.05) is 0 Å². The van der Waals surface area contributed by atoms with Crippen LogP contribution in [0.5, 0.6) is 0 Å². The molecule has 0 atom stereocenters. The third-order valence-electron chi connectivity index (χ3n) is 4.61. The fraction of sp³-hybridized carbons (Fsp3) is 0.556. The predicted octanol–water partition coefficient (Wildman–Crippen LogP) is 2.44. The number of hydrogen-bond acceptors (Lipinski definition) is 6. The lowest BCUT2D eigenvalue weighted by atomic mass is 10.2. The molecule has 2 aromatic heterocycles. The Kier molecular flexibility index (Phi) is 4.54. The topological polar surface area (TPSA) is 94.7 Å². The van der Waals surface area contributed by atoms with Gasteiger partial charge in [0.25, 0.3) is 5.56 Å². The van der Waals surface area contributed by atoms with Crippen LogP contribution in [-0.2, 0) is 17.3 Å². The van der Waals surface area contributed by atoms with Crippen LogP contribution in [0.1, 0.15) is 51.0 Å². The summed E-state index contributed by atoms with van der Waals surface area (Å²) in [4.78, 5) is 38.6. The molecule has 0 saturated heterocycles. The quantitative estimate of drug-likeness (QED) is 0.641. The van der Waals surface area contributed by atoms with Gasteiger partial charge in [-0.15, -0.1) is 11.3 Å². The number of hydrazone groups is 1. The second kappa shape index (κ2) is 6.33. The molecule has 1 fully saturated rings. The Morgan fingerprint density at radius 2 is 1.96 bits per heavy atom. The standard InChI is InChI=1S/C18H24N4O4S/c1-10-11(9-19-20-15(24)26-17(2,3)4)27-14-12(10)13(23)22(16(25)21(14)6)18(5)7-8-18/h9H,7-8H2,1-6H3,(H,20,24)/b19-9+. The Labute approximate surface area is 160 Å². The van der Waals surface area contributed by atoms with E-state index in [0.29, 0.717) is 15.1 Å². The lowest BCUT2D eigenvalue weighted by Crippen LogP contribution is -2.43. The molecule has 3 rings (SSSR count). The van der Waals surface area contributed by atoms with Crippen molar-refractivity contribution >= 4 is 33.9 Å². The van der Waals surface area contributed by atoms with Gasteiger partial charge in [0.15, 0.2) is 0 Å². The van der Waals surface area contributed by atoms with Crippen molar-refractivity contribution in [3.8, 4) is 0 Å². The molecule has 0 unspecified atom stereocenters. The highest BCUT2D eigenvalue weighted by molar-refractivity contribution is 7.20. The van der Waals surface area contributed by atoms with Gasteiger partial charge in [0.2, 0.25) is 0 Å². The molecule has 0 aromatic carbocycles. The number of carbonyl (C=O) groups excluding carboxylic acids is 1. The first-order valence-corrected chi connectivity index (χ1v) is 9.54. The maximum atomic E-state index is 13.0. The summed E-state index contributed by atoms with van der Waals surface area (Å²) >= 11 is 1.29. The Hall–Kier alpha value is -2.42. The second-order valence-electron chi connectivity index (χ2n) is 8.12. The molecule has 0 aliphatic heterocycles. The number of aryl methyl sites for hydroxylation is 2. The molecule has 0 spiro atoms. The van der Waals surface area contributed by atoms with Gasteiger partial charge >= 0.3 is 11.8 Å². The van der Waals surface area contributed by atoms with E-state index in [1.165, 1.54) is 26.7 Å². The van der Waals surface area contributed by atoms with Gasteiger partial charge in [-0.25, -0.2) is 15.0 Å². The molecule has 27 heavy (non-hydrogen) atoms. The summed E-state index contributed by atoms with van der Waals surface area (Å²) in [6, 6.07) is 0. The minimum atomic E-state index is -0.658. The first-order chi connectivity index (χ1) is 12.4. The van der Waals surface area contributed by atoms with Crippen LogP contribution in [-0.4, -0.2) is 27.0 Å². The summed E-state index contributed by atoms with van der Waals surface area (Å²) in [6.07, 6.45) is 2.46. The Morgan fingerprint density at radius 3 is 2.52 bits per heavy atom. The zero-order valence-electron chi connectivity index (χ0n) is 16.4. The third kappa shape index (κ3) is 3.55. The third-order valence-corrected chi connectivity index (χ3v) is 5.92. The molecule has 0 radical (unpaired) electrons. The molecule has 0 bridgehead atoms. The predicted molar refractivity (Wildman–Crippen MR) is 106 cm³/mol. The Morgan fingerprint density at radius 1 is 1.33 bits per heavy atom. The molecular weight excluding hydrogens is 368 g/mol. The van der Waals surface area contributed by atoms with E-state index in [9.17, 15) is 14.4 Å². The molecule has 2 heterocycles. The number of aromatic nitrogens is 2. The van der Waals surface area contributed by atoms with Gasteiger partial charge in [0.1, 0.15) is 10.4 Å². The van der Waals surface area contributed by atoms with Gasteiger partial charge in [-0.2, -0.15) is 5.10 Å². The van der Waals surface area contributed by atoms with Crippen LogP contribution in [0.15, 0.2) is 14.7 Å². The lowest BCUT2D eigenvalue weighted by Gasteiger charge is -2.18. The SMILES string of the molecule is Cc1c(/C=N/NC(=O)OC(C)(C)C)sc2c1c(=O)n(C1(C)CC1)c(=O)n2C. The van der Waals surface area contributed by atoms with Crippen LogP contribution >= 0.6 is 11.3 Å². The molecule has 1 N–H and O–H groups in total. The molecule has 146 valence electrons. The van der Waals surface area contributed by atoms with E-state index < -0.39 is 11.7 Å². The Bertz CT molecular complexity index is 1060. The van der Waals surface area contributed by atoms with Crippen molar-refractivity contribution in [3.05, 3.63) is 31.3 Å². The highest BCUT2D eigenvalue weighted by atomic mass is 32.1. The van der Waals surface area contributed by atoms with E-state index in [1.807, 2.05) is 13.8 Å². The number of thiophene rings is 1. The average Bonchev–Trinajstić information content (AvgIpc) is 3.17. The summed E-state index contributed by atoms with van der Waals surface area (Å²) in [5.41, 5.74) is 1.48. The number of hydrogen-bond donors (Lipinski definition) is 1. The smallest absolute Gasteiger partial charge is 0.428 e. The number of nitrogens with zero attached hydrogens (tertiary/aromatic N) is 3. The van der Waals surface area contributed by atoms with Gasteiger partial charge < -0.3 is 4.74 Å². The van der Waals surface area contributed by atoms with Crippen LogP contribution in [0.3, 0.4) is 0 Å². The monoisotopic (exact) mass is 392 g/mol. The summed E-state index contributed by atoms with van der Waals surface area (Å²) in [7, 11) is 1.67. The van der Waals surface area contributed by atoms with Crippen molar-refractivity contribution in [3.63, 3.8) is 0 Å². The number of ether oxygens (including phenoxy) is 1. The highest BCUT2D eigenvalue weighted by Crippen LogP contribution is 2.41. The van der Waals surface area contributed by atoms with Crippen molar-refractivity contribution in [1.82, 2.24) is 14.6 Å². The maximum Gasteiger partial charge on any atom is 0.428 e. The van der Waals surface area contributed by atoms with E-state index in [2.05, 4.69) is 10.5 Å². The highest BCUT2D eigenvalue weighted by Gasteiger charge is 2.42. The van der Waals surface area contributed by atoms with Crippen molar-refractivity contribution < 1.29 is 9.53 Å². The van der Waals surface area contributed by atoms with E-state index in [-0.39, 0.29) is 16.8 Å². The zero-order valence-corrected chi connectivity index (χ0v) is 17.2. The summed E-state index contributed by atoms with van der Waals surface area (Å²) in [5, 5.41) is 4.43. The minimum absolute atomic E-state index is 0.262. The Balaban J connectivity index is 1.99. The normalized spacial score (nSPS) is 16.1. The summed E-state index contributed by atoms with van der Waals surface area (Å²) < 4.78 is 8.00. The summed E-state index contributed by atoms with van der Waals surface area (Å²) in [5.74, 6) is 0. The largest absolute Gasteiger partial charge is 0.443 e. The number of rotatable bonds is 3. The number of nitrogens with one attached hydrogen (secondary N) is 1. The first-order valence-electron chi connectivity index (χ1n) is 8.72. The molecule has 8 nitrogen and oxygen atoms in total. The summed E-state index contributed by atoms with van der Waals surface area (Å²) in [6.45, 7) is 9.03.